The molecule has 0 aliphatic carbocycles. The van der Waals surface area contributed by atoms with Crippen molar-refractivity contribution in [2.24, 2.45) is 0 Å². The summed E-state index contributed by atoms with van der Waals surface area (Å²) in [6, 6.07) is 15.7. The van der Waals surface area contributed by atoms with E-state index in [0.29, 0.717) is 19.5 Å². The number of halogens is 1. The maximum atomic E-state index is 13.6. The minimum absolute atomic E-state index is 0.0368. The van der Waals surface area contributed by atoms with Gasteiger partial charge in [-0.3, -0.25) is 19.7 Å². The monoisotopic (exact) mass is 497 g/mol. The Bertz CT molecular complexity index is 1210. The number of nitro benzene ring substituents is 1. The number of rotatable bonds is 7. The van der Waals surface area contributed by atoms with Crippen LogP contribution in [0.5, 0.6) is 0 Å². The standard InChI is InChI=1S/C25H24ClN3O4S/c1-2-12-27(25(31)18-8-9-20(26)21(15-18)29(32)33)16-23(30)28-13-10-22-19(11-14-34-22)24(28)17-6-4-3-5-7-17/h3-9,11,14-15,24H,2,10,12-13,16H2,1H3. The second-order valence-corrected chi connectivity index (χ2v) is 9.51. The highest BCUT2D eigenvalue weighted by Crippen LogP contribution is 2.37. The molecule has 0 saturated carbocycles. The van der Waals surface area contributed by atoms with E-state index in [-0.39, 0.29) is 34.8 Å². The van der Waals surface area contributed by atoms with E-state index in [9.17, 15) is 19.7 Å². The minimum Gasteiger partial charge on any atom is -0.330 e. The fourth-order valence-corrected chi connectivity index (χ4v) is 5.41. The Morgan fingerprint density at radius 1 is 1.21 bits per heavy atom. The van der Waals surface area contributed by atoms with Crippen LogP contribution in [-0.2, 0) is 11.2 Å². The van der Waals surface area contributed by atoms with Crippen LogP contribution in [-0.4, -0.2) is 46.2 Å². The summed E-state index contributed by atoms with van der Waals surface area (Å²) < 4.78 is 0. The smallest absolute Gasteiger partial charge is 0.288 e. The van der Waals surface area contributed by atoms with Crippen LogP contribution in [0.1, 0.15) is 45.7 Å². The molecule has 4 rings (SSSR count). The number of nitro groups is 1. The molecule has 176 valence electrons. The number of hydrogen-bond acceptors (Lipinski definition) is 5. The molecule has 2 amide bonds. The van der Waals surface area contributed by atoms with Gasteiger partial charge < -0.3 is 9.80 Å². The predicted molar refractivity (Wildman–Crippen MR) is 132 cm³/mol. The minimum atomic E-state index is -0.620. The Morgan fingerprint density at radius 2 is 1.97 bits per heavy atom. The Balaban J connectivity index is 1.60. The SMILES string of the molecule is CCCN(CC(=O)N1CCc2sccc2C1c1ccccc1)C(=O)c1ccc(Cl)c([N+](=O)[O-])c1. The summed E-state index contributed by atoms with van der Waals surface area (Å²) >= 11 is 7.60. The Morgan fingerprint density at radius 3 is 2.68 bits per heavy atom. The van der Waals surface area contributed by atoms with Gasteiger partial charge in [-0.05, 0) is 47.5 Å². The lowest BCUT2D eigenvalue weighted by molar-refractivity contribution is -0.384. The molecule has 9 heteroatoms. The number of benzene rings is 2. The molecule has 0 fully saturated rings. The van der Waals surface area contributed by atoms with Gasteiger partial charge in [0.2, 0.25) is 5.91 Å². The highest BCUT2D eigenvalue weighted by atomic mass is 35.5. The van der Waals surface area contributed by atoms with Crippen LogP contribution in [0, 0.1) is 10.1 Å². The van der Waals surface area contributed by atoms with Crippen LogP contribution in [0.3, 0.4) is 0 Å². The molecule has 1 aliphatic heterocycles. The fourth-order valence-electron chi connectivity index (χ4n) is 4.32. The molecule has 0 saturated heterocycles. The molecule has 0 N–H and O–H groups in total. The van der Waals surface area contributed by atoms with Crippen molar-refractivity contribution in [3.63, 3.8) is 0 Å². The summed E-state index contributed by atoms with van der Waals surface area (Å²) in [7, 11) is 0. The third kappa shape index (κ3) is 4.83. The molecular weight excluding hydrogens is 474 g/mol. The average Bonchev–Trinajstić information content (AvgIpc) is 3.32. The van der Waals surface area contributed by atoms with Crippen molar-refractivity contribution in [3.05, 3.63) is 96.7 Å². The summed E-state index contributed by atoms with van der Waals surface area (Å²) in [6.07, 6.45) is 1.42. The van der Waals surface area contributed by atoms with Crippen molar-refractivity contribution >= 4 is 40.4 Å². The summed E-state index contributed by atoms with van der Waals surface area (Å²) in [5.74, 6) is -0.588. The van der Waals surface area contributed by atoms with Crippen molar-refractivity contribution in [2.75, 3.05) is 19.6 Å². The molecule has 1 aliphatic rings. The van der Waals surface area contributed by atoms with E-state index < -0.39 is 10.8 Å². The van der Waals surface area contributed by atoms with Crippen molar-refractivity contribution in [1.82, 2.24) is 9.80 Å². The van der Waals surface area contributed by atoms with Gasteiger partial charge in [0.15, 0.2) is 0 Å². The predicted octanol–water partition coefficient (Wildman–Crippen LogP) is 5.34. The van der Waals surface area contributed by atoms with Crippen LogP contribution < -0.4 is 0 Å². The number of carbonyl (C=O) groups excluding carboxylic acids is 2. The van der Waals surface area contributed by atoms with Crippen molar-refractivity contribution in [3.8, 4) is 0 Å². The molecular formula is C25H24ClN3O4S. The first-order valence-electron chi connectivity index (χ1n) is 11.0. The largest absolute Gasteiger partial charge is 0.330 e. The molecule has 0 spiro atoms. The Labute approximate surface area is 206 Å². The van der Waals surface area contributed by atoms with Gasteiger partial charge in [-0.1, -0.05) is 48.9 Å². The summed E-state index contributed by atoms with van der Waals surface area (Å²) in [5.41, 5.74) is 1.95. The van der Waals surface area contributed by atoms with Crippen LogP contribution in [0.15, 0.2) is 60.0 Å². The van der Waals surface area contributed by atoms with Crippen molar-refractivity contribution in [1.29, 1.82) is 0 Å². The van der Waals surface area contributed by atoms with Gasteiger partial charge in [-0.15, -0.1) is 11.3 Å². The number of thiophene rings is 1. The molecule has 0 radical (unpaired) electrons. The van der Waals surface area contributed by atoms with Gasteiger partial charge in [0.1, 0.15) is 11.6 Å². The first kappa shape index (κ1) is 23.9. The topological polar surface area (TPSA) is 83.8 Å². The molecule has 1 aromatic heterocycles. The summed E-state index contributed by atoms with van der Waals surface area (Å²) in [5, 5.41) is 13.3. The van der Waals surface area contributed by atoms with E-state index in [1.807, 2.05) is 42.2 Å². The number of amides is 2. The summed E-state index contributed by atoms with van der Waals surface area (Å²) in [4.78, 5) is 42.0. The lowest BCUT2D eigenvalue weighted by Crippen LogP contribution is -2.47. The van der Waals surface area contributed by atoms with Gasteiger partial charge in [0.25, 0.3) is 11.6 Å². The van der Waals surface area contributed by atoms with Crippen molar-refractivity contribution in [2.45, 2.75) is 25.8 Å². The zero-order chi connectivity index (χ0) is 24.2. The normalized spacial score (nSPS) is 15.0. The zero-order valence-corrected chi connectivity index (χ0v) is 20.2. The van der Waals surface area contributed by atoms with Gasteiger partial charge >= 0.3 is 0 Å². The number of fused-ring (bicyclic) bond motifs is 1. The first-order valence-corrected chi connectivity index (χ1v) is 12.3. The summed E-state index contributed by atoms with van der Waals surface area (Å²) in [6.45, 7) is 2.73. The number of carbonyl (C=O) groups is 2. The Hall–Kier alpha value is -3.23. The average molecular weight is 498 g/mol. The van der Waals surface area contributed by atoms with Crippen LogP contribution >= 0.6 is 22.9 Å². The maximum Gasteiger partial charge on any atom is 0.288 e. The van der Waals surface area contributed by atoms with E-state index >= 15 is 0 Å². The van der Waals surface area contributed by atoms with Gasteiger partial charge in [0, 0.05) is 29.6 Å². The third-order valence-electron chi connectivity index (χ3n) is 5.90. The van der Waals surface area contributed by atoms with Crippen LogP contribution in [0.4, 0.5) is 5.69 Å². The second kappa shape index (κ2) is 10.4. The first-order chi connectivity index (χ1) is 16.4. The van der Waals surface area contributed by atoms with Crippen LogP contribution in [0.25, 0.3) is 0 Å². The Kier molecular flexibility index (Phi) is 7.29. The van der Waals surface area contributed by atoms with Crippen LogP contribution in [0.2, 0.25) is 5.02 Å². The van der Waals surface area contributed by atoms with E-state index in [4.69, 9.17) is 11.6 Å². The third-order valence-corrected chi connectivity index (χ3v) is 7.21. The van der Waals surface area contributed by atoms with E-state index in [0.717, 1.165) is 17.5 Å². The van der Waals surface area contributed by atoms with E-state index in [2.05, 4.69) is 11.4 Å². The molecule has 34 heavy (non-hydrogen) atoms. The molecule has 1 unspecified atom stereocenters. The maximum absolute atomic E-state index is 13.6. The molecule has 0 bridgehead atoms. The quantitative estimate of drug-likeness (QED) is 0.326. The van der Waals surface area contributed by atoms with E-state index in [1.165, 1.54) is 28.0 Å². The van der Waals surface area contributed by atoms with Crippen molar-refractivity contribution < 1.29 is 14.5 Å². The second-order valence-electron chi connectivity index (χ2n) is 8.10. The number of hydrogen-bond donors (Lipinski definition) is 0. The molecule has 7 nitrogen and oxygen atoms in total. The lowest BCUT2D eigenvalue weighted by atomic mass is 9.93. The highest BCUT2D eigenvalue weighted by Gasteiger charge is 2.34. The molecule has 1 atom stereocenters. The highest BCUT2D eigenvalue weighted by molar-refractivity contribution is 7.10. The van der Waals surface area contributed by atoms with Gasteiger partial charge in [-0.2, -0.15) is 0 Å². The van der Waals surface area contributed by atoms with Gasteiger partial charge in [0.05, 0.1) is 11.0 Å². The molecule has 2 heterocycles. The number of nitrogens with zero attached hydrogens (tertiary/aromatic N) is 3. The molecule has 3 aromatic rings. The molecule has 2 aromatic carbocycles. The van der Waals surface area contributed by atoms with E-state index in [1.54, 1.807) is 11.3 Å². The fraction of sp³-hybridized carbons (Fsp3) is 0.280. The van der Waals surface area contributed by atoms with Gasteiger partial charge in [-0.25, -0.2) is 0 Å². The zero-order valence-electron chi connectivity index (χ0n) is 18.6. The lowest BCUT2D eigenvalue weighted by Gasteiger charge is -2.37.